The van der Waals surface area contributed by atoms with Gasteiger partial charge in [-0.15, -0.1) is 0 Å². The van der Waals surface area contributed by atoms with Crippen LogP contribution in [0.5, 0.6) is 0 Å². The number of carbonyl (C=O) groups is 3. The van der Waals surface area contributed by atoms with Crippen LogP contribution in [0.2, 0.25) is 0 Å². The second-order valence-corrected chi connectivity index (χ2v) is 7.03. The van der Waals surface area contributed by atoms with Gasteiger partial charge in [0.25, 0.3) is 11.8 Å². The molecule has 1 aliphatic carbocycles. The number of anilines is 1. The molecule has 9 nitrogen and oxygen atoms in total. The summed E-state index contributed by atoms with van der Waals surface area (Å²) in [6.45, 7) is -0.445. The van der Waals surface area contributed by atoms with E-state index in [-0.39, 0.29) is 29.4 Å². The van der Waals surface area contributed by atoms with E-state index in [0.717, 1.165) is 24.2 Å². The molecular formula is C17H17N3O6. The number of ether oxygens (including phenoxy) is 3. The van der Waals surface area contributed by atoms with Crippen LogP contribution in [-0.4, -0.2) is 53.6 Å². The molecule has 0 atom stereocenters. The maximum absolute atomic E-state index is 12.4. The third kappa shape index (κ3) is 2.32. The predicted octanol–water partition coefficient (Wildman–Crippen LogP) is 0.158. The molecule has 5 aliphatic rings. The van der Waals surface area contributed by atoms with E-state index in [1.165, 1.54) is 12.1 Å². The molecule has 1 saturated carbocycles. The van der Waals surface area contributed by atoms with Crippen LogP contribution >= 0.6 is 0 Å². The van der Waals surface area contributed by atoms with Crippen LogP contribution in [0.4, 0.5) is 5.69 Å². The summed E-state index contributed by atoms with van der Waals surface area (Å²) >= 11 is 0. The Kier molecular flexibility index (Phi) is 3.18. The minimum atomic E-state index is -1.36. The van der Waals surface area contributed by atoms with Crippen LogP contribution in [-0.2, 0) is 19.0 Å². The maximum atomic E-state index is 12.4. The van der Waals surface area contributed by atoms with Crippen LogP contribution in [0.15, 0.2) is 18.2 Å². The summed E-state index contributed by atoms with van der Waals surface area (Å²) in [6.07, 6.45) is 1.43. The van der Waals surface area contributed by atoms with Crippen molar-refractivity contribution < 1.29 is 28.6 Å². The number of nitrogens with zero attached hydrogens (tertiary/aromatic N) is 1. The monoisotopic (exact) mass is 359 g/mol. The molecular weight excluding hydrogens is 342 g/mol. The zero-order chi connectivity index (χ0) is 18.1. The minimum absolute atomic E-state index is 0.0810. The number of primary amides is 1. The van der Waals surface area contributed by atoms with Gasteiger partial charge in [0.15, 0.2) is 0 Å². The third-order valence-electron chi connectivity index (χ3n) is 5.12. The Bertz CT molecular complexity index is 803. The van der Waals surface area contributed by atoms with Gasteiger partial charge in [-0.25, -0.2) is 0 Å². The molecule has 6 rings (SSSR count). The van der Waals surface area contributed by atoms with Crippen LogP contribution in [0.3, 0.4) is 0 Å². The van der Waals surface area contributed by atoms with Crippen LogP contribution < -0.4 is 11.1 Å². The Morgan fingerprint density at radius 2 is 1.65 bits per heavy atom. The van der Waals surface area contributed by atoms with E-state index in [1.54, 1.807) is 6.07 Å². The topological polar surface area (TPSA) is 120 Å². The number of carbonyl (C=O) groups excluding carboxylic acids is 3. The number of amides is 3. The highest BCUT2D eigenvalue weighted by Crippen LogP contribution is 2.45. The number of imide groups is 1. The molecule has 0 radical (unpaired) electrons. The van der Waals surface area contributed by atoms with E-state index in [2.05, 4.69) is 5.32 Å². The van der Waals surface area contributed by atoms with Crippen molar-refractivity contribution in [2.75, 3.05) is 11.9 Å². The van der Waals surface area contributed by atoms with Gasteiger partial charge in [-0.3, -0.25) is 19.3 Å². The summed E-state index contributed by atoms with van der Waals surface area (Å²) in [5.41, 5.74) is 6.06. The van der Waals surface area contributed by atoms with E-state index in [9.17, 15) is 14.4 Å². The van der Waals surface area contributed by atoms with Crippen molar-refractivity contribution >= 4 is 23.4 Å². The molecule has 0 unspecified atom stereocenters. The number of nitrogens with two attached hydrogens (primary N) is 1. The standard InChI is InChI=1S/C17H17N3O6/c18-14(21)7-20-15(22)12-2-1-8(3-13(12)16(20)23)19-17-24-9-4-10(25-17)6-11(5-9)26-17/h1-3,9-11,19H,4-7H2,(H2,18,21). The van der Waals surface area contributed by atoms with Gasteiger partial charge in [-0.2, -0.15) is 0 Å². The second kappa shape index (κ2) is 5.26. The lowest BCUT2D eigenvalue weighted by Crippen LogP contribution is -2.65. The fraction of sp³-hybridized carbons (Fsp3) is 0.471. The average molecular weight is 359 g/mol. The van der Waals surface area contributed by atoms with E-state index in [0.29, 0.717) is 5.69 Å². The van der Waals surface area contributed by atoms with Gasteiger partial charge < -0.3 is 25.3 Å². The Morgan fingerprint density at radius 1 is 1.08 bits per heavy atom. The molecule has 4 aliphatic heterocycles. The lowest BCUT2D eigenvalue weighted by molar-refractivity contribution is -0.480. The molecule has 26 heavy (non-hydrogen) atoms. The Balaban J connectivity index is 1.41. The van der Waals surface area contributed by atoms with Crippen LogP contribution in [0.1, 0.15) is 40.0 Å². The van der Waals surface area contributed by atoms with Crippen molar-refractivity contribution in [2.24, 2.45) is 5.73 Å². The Morgan fingerprint density at radius 3 is 2.23 bits per heavy atom. The lowest BCUT2D eigenvalue weighted by atomic mass is 9.90. The number of hydrogen-bond donors (Lipinski definition) is 2. The molecule has 3 N–H and O–H groups in total. The summed E-state index contributed by atoms with van der Waals surface area (Å²) in [4.78, 5) is 36.6. The minimum Gasteiger partial charge on any atom is -0.368 e. The molecule has 4 heterocycles. The van der Waals surface area contributed by atoms with E-state index >= 15 is 0 Å². The van der Waals surface area contributed by atoms with Gasteiger partial charge in [0.05, 0.1) is 29.4 Å². The van der Waals surface area contributed by atoms with E-state index in [1.807, 2.05) is 0 Å². The average Bonchev–Trinajstić information content (AvgIpc) is 2.77. The predicted molar refractivity (Wildman–Crippen MR) is 85.8 cm³/mol. The summed E-state index contributed by atoms with van der Waals surface area (Å²) in [5.74, 6) is -1.84. The van der Waals surface area contributed by atoms with Gasteiger partial charge in [0.2, 0.25) is 5.91 Å². The first-order chi connectivity index (χ1) is 12.4. The van der Waals surface area contributed by atoms with E-state index in [4.69, 9.17) is 19.9 Å². The van der Waals surface area contributed by atoms with Gasteiger partial charge in [-0.05, 0) is 18.2 Å². The first kappa shape index (κ1) is 15.7. The number of benzene rings is 1. The molecule has 4 bridgehead atoms. The first-order valence-corrected chi connectivity index (χ1v) is 8.53. The number of fused-ring (bicyclic) bond motifs is 1. The smallest absolute Gasteiger partial charge is 0.368 e. The van der Waals surface area contributed by atoms with E-state index < -0.39 is 30.4 Å². The summed E-state index contributed by atoms with van der Waals surface area (Å²) < 4.78 is 17.6. The molecule has 4 fully saturated rings. The Hall–Kier alpha value is -2.49. The second-order valence-electron chi connectivity index (χ2n) is 7.03. The van der Waals surface area contributed by atoms with Crippen molar-refractivity contribution in [2.45, 2.75) is 43.7 Å². The van der Waals surface area contributed by atoms with Crippen LogP contribution in [0, 0.1) is 0 Å². The molecule has 3 amide bonds. The normalized spacial score (nSPS) is 34.3. The first-order valence-electron chi connectivity index (χ1n) is 8.53. The molecule has 1 aromatic carbocycles. The highest BCUT2D eigenvalue weighted by Gasteiger charge is 2.55. The third-order valence-corrected chi connectivity index (χ3v) is 5.12. The zero-order valence-electron chi connectivity index (χ0n) is 13.8. The molecule has 3 saturated heterocycles. The van der Waals surface area contributed by atoms with Crippen LogP contribution in [0.25, 0.3) is 0 Å². The van der Waals surface area contributed by atoms with Gasteiger partial charge in [-0.1, -0.05) is 0 Å². The number of hydrogen-bond acceptors (Lipinski definition) is 7. The molecule has 1 aromatic rings. The highest BCUT2D eigenvalue weighted by atomic mass is 16.9. The van der Waals surface area contributed by atoms with Crippen molar-refractivity contribution in [1.29, 1.82) is 0 Å². The van der Waals surface area contributed by atoms with Crippen molar-refractivity contribution in [3.05, 3.63) is 29.3 Å². The number of rotatable bonds is 4. The fourth-order valence-corrected chi connectivity index (χ4v) is 4.13. The van der Waals surface area contributed by atoms with Crippen molar-refractivity contribution in [1.82, 2.24) is 4.90 Å². The largest absolute Gasteiger partial charge is 0.375 e. The van der Waals surface area contributed by atoms with Gasteiger partial charge >= 0.3 is 6.10 Å². The Labute approximate surface area is 148 Å². The summed E-state index contributed by atoms with van der Waals surface area (Å²) in [7, 11) is 0. The summed E-state index contributed by atoms with van der Waals surface area (Å²) in [5, 5.41) is 3.07. The molecule has 9 heteroatoms. The fourth-order valence-electron chi connectivity index (χ4n) is 4.13. The molecule has 136 valence electrons. The van der Waals surface area contributed by atoms with Gasteiger partial charge in [0, 0.05) is 24.9 Å². The van der Waals surface area contributed by atoms with Crippen molar-refractivity contribution in [3.63, 3.8) is 0 Å². The molecule has 0 aromatic heterocycles. The quantitative estimate of drug-likeness (QED) is 0.735. The van der Waals surface area contributed by atoms with Crippen molar-refractivity contribution in [3.8, 4) is 0 Å². The maximum Gasteiger partial charge on any atom is 0.375 e. The lowest BCUT2D eigenvalue weighted by Gasteiger charge is -2.54. The number of nitrogens with one attached hydrogen (secondary N) is 1. The zero-order valence-corrected chi connectivity index (χ0v) is 13.8. The SMILES string of the molecule is NC(=O)CN1C(=O)c2ccc(NC34OC5CC(CC(C5)O3)O4)cc2C1=O. The highest BCUT2D eigenvalue weighted by molar-refractivity contribution is 6.22. The molecule has 0 spiro atoms. The summed E-state index contributed by atoms with van der Waals surface area (Å²) in [6, 6.07) is 4.71. The van der Waals surface area contributed by atoms with Gasteiger partial charge in [0.1, 0.15) is 6.54 Å².